The van der Waals surface area contributed by atoms with Gasteiger partial charge in [-0.15, -0.1) is 11.8 Å². The van der Waals surface area contributed by atoms with Gasteiger partial charge in [0.2, 0.25) is 0 Å². The number of benzene rings is 2. The predicted octanol–water partition coefficient (Wildman–Crippen LogP) is 4.80. The highest BCUT2D eigenvalue weighted by atomic mass is 79.9. The van der Waals surface area contributed by atoms with Crippen LogP contribution in [0.15, 0.2) is 51.8 Å². The lowest BCUT2D eigenvalue weighted by atomic mass is 10.1. The summed E-state index contributed by atoms with van der Waals surface area (Å²) in [4.78, 5) is 13.1. The van der Waals surface area contributed by atoms with Gasteiger partial charge in [0.15, 0.2) is 0 Å². The largest absolute Gasteiger partial charge is 0.298 e. The molecule has 0 aliphatic heterocycles. The van der Waals surface area contributed by atoms with Gasteiger partial charge in [-0.1, -0.05) is 34.1 Å². The fourth-order valence-corrected chi connectivity index (χ4v) is 3.27. The second kappa shape index (κ2) is 7.04. The summed E-state index contributed by atoms with van der Waals surface area (Å²) >= 11 is 4.76. The molecule has 0 aromatic heterocycles. The predicted molar refractivity (Wildman–Crippen MR) is 84.7 cm³/mol. The van der Waals surface area contributed by atoms with Crippen LogP contribution in [0, 0.1) is 12.7 Å². The van der Waals surface area contributed by atoms with Crippen molar-refractivity contribution in [2.75, 3.05) is 5.75 Å². The second-order valence-electron chi connectivity index (χ2n) is 4.55. The van der Waals surface area contributed by atoms with E-state index in [1.165, 1.54) is 29.5 Å². The third-order valence-electron chi connectivity index (χ3n) is 2.81. The molecule has 104 valence electrons. The van der Waals surface area contributed by atoms with Crippen LogP contribution < -0.4 is 0 Å². The maximum absolute atomic E-state index is 13.2. The molecule has 0 heterocycles. The Balaban J connectivity index is 1.94. The zero-order valence-corrected chi connectivity index (χ0v) is 13.4. The van der Waals surface area contributed by atoms with E-state index in [0.717, 1.165) is 4.90 Å². The fourth-order valence-electron chi connectivity index (χ4n) is 1.87. The molecule has 0 radical (unpaired) electrons. The minimum Gasteiger partial charge on any atom is -0.298 e. The zero-order valence-electron chi connectivity index (χ0n) is 11.0. The standard InChI is InChI=1S/C16H14BrFOS/c1-11-4-2-3-5-16(11)20-10-15(19)8-12-6-13(17)9-14(18)7-12/h2-7,9H,8,10H2,1H3. The molecule has 2 aromatic rings. The summed E-state index contributed by atoms with van der Waals surface area (Å²) in [7, 11) is 0. The minimum atomic E-state index is -0.325. The third kappa shape index (κ3) is 4.46. The highest BCUT2D eigenvalue weighted by Crippen LogP contribution is 2.22. The van der Waals surface area contributed by atoms with E-state index in [9.17, 15) is 9.18 Å². The molecule has 0 spiro atoms. The number of carbonyl (C=O) groups is 1. The topological polar surface area (TPSA) is 17.1 Å². The molecule has 0 aliphatic carbocycles. The molecular weight excluding hydrogens is 339 g/mol. The molecule has 0 unspecified atom stereocenters. The Morgan fingerprint density at radius 3 is 2.70 bits per heavy atom. The van der Waals surface area contributed by atoms with Gasteiger partial charge in [0, 0.05) is 15.8 Å². The second-order valence-corrected chi connectivity index (χ2v) is 6.48. The molecule has 0 bridgehead atoms. The molecule has 4 heteroatoms. The number of thioether (sulfide) groups is 1. The third-order valence-corrected chi connectivity index (χ3v) is 4.50. The van der Waals surface area contributed by atoms with E-state index < -0.39 is 0 Å². The summed E-state index contributed by atoms with van der Waals surface area (Å²) in [6, 6.07) is 12.5. The van der Waals surface area contributed by atoms with Crippen LogP contribution in [-0.2, 0) is 11.2 Å². The first-order valence-corrected chi connectivity index (χ1v) is 7.97. The van der Waals surface area contributed by atoms with Gasteiger partial charge in [-0.05, 0) is 42.3 Å². The summed E-state index contributed by atoms with van der Waals surface area (Å²) in [6.45, 7) is 2.02. The lowest BCUT2D eigenvalue weighted by Crippen LogP contribution is -2.06. The van der Waals surface area contributed by atoms with Crippen LogP contribution in [0.3, 0.4) is 0 Å². The van der Waals surface area contributed by atoms with Gasteiger partial charge < -0.3 is 0 Å². The summed E-state index contributed by atoms with van der Waals surface area (Å²) < 4.78 is 13.9. The van der Waals surface area contributed by atoms with Crippen LogP contribution in [0.1, 0.15) is 11.1 Å². The van der Waals surface area contributed by atoms with Crippen molar-refractivity contribution in [3.05, 3.63) is 63.9 Å². The number of halogens is 2. The van der Waals surface area contributed by atoms with Gasteiger partial charge in [-0.25, -0.2) is 4.39 Å². The van der Waals surface area contributed by atoms with Crippen LogP contribution in [0.25, 0.3) is 0 Å². The molecule has 20 heavy (non-hydrogen) atoms. The Bertz CT molecular complexity index is 607. The Hall–Kier alpha value is -1.13. The lowest BCUT2D eigenvalue weighted by Gasteiger charge is -2.05. The molecule has 0 amide bonds. The van der Waals surface area contributed by atoms with Crippen LogP contribution >= 0.6 is 27.7 Å². The SMILES string of the molecule is Cc1ccccc1SCC(=O)Cc1cc(F)cc(Br)c1. The molecule has 0 saturated carbocycles. The molecule has 2 rings (SSSR count). The number of rotatable bonds is 5. The van der Waals surface area contributed by atoms with Gasteiger partial charge in [0.25, 0.3) is 0 Å². The molecule has 0 fully saturated rings. The average molecular weight is 353 g/mol. The molecule has 0 aliphatic rings. The number of Topliss-reactive ketones (excluding diaryl/α,β-unsaturated/α-hetero) is 1. The van der Waals surface area contributed by atoms with Crippen molar-refractivity contribution in [2.24, 2.45) is 0 Å². The fraction of sp³-hybridized carbons (Fsp3) is 0.188. The molecule has 2 aromatic carbocycles. The maximum atomic E-state index is 13.2. The Morgan fingerprint density at radius 2 is 2.00 bits per heavy atom. The van der Waals surface area contributed by atoms with Gasteiger partial charge >= 0.3 is 0 Å². The van der Waals surface area contributed by atoms with Crippen LogP contribution in [0.2, 0.25) is 0 Å². The van der Waals surface area contributed by atoms with Crippen molar-refractivity contribution < 1.29 is 9.18 Å². The van der Waals surface area contributed by atoms with Gasteiger partial charge in [0.05, 0.1) is 5.75 Å². The lowest BCUT2D eigenvalue weighted by molar-refractivity contribution is -0.116. The summed E-state index contributed by atoms with van der Waals surface area (Å²) in [5.74, 6) is 0.170. The van der Waals surface area contributed by atoms with Gasteiger partial charge in [-0.2, -0.15) is 0 Å². The first kappa shape index (κ1) is 15.3. The quantitative estimate of drug-likeness (QED) is 0.719. The smallest absolute Gasteiger partial charge is 0.147 e. The Kier molecular flexibility index (Phi) is 5.38. The van der Waals surface area contributed by atoms with E-state index in [1.807, 2.05) is 31.2 Å². The van der Waals surface area contributed by atoms with E-state index in [1.54, 1.807) is 6.07 Å². The maximum Gasteiger partial charge on any atom is 0.147 e. The summed E-state index contributed by atoms with van der Waals surface area (Å²) in [6.07, 6.45) is 0.259. The highest BCUT2D eigenvalue weighted by Gasteiger charge is 2.08. The van der Waals surface area contributed by atoms with Crippen molar-refractivity contribution in [1.29, 1.82) is 0 Å². The number of hydrogen-bond acceptors (Lipinski definition) is 2. The minimum absolute atomic E-state index is 0.0933. The average Bonchev–Trinajstić information content (AvgIpc) is 2.36. The normalized spacial score (nSPS) is 10.6. The molecule has 0 atom stereocenters. The van der Waals surface area contributed by atoms with Crippen LogP contribution in [0.5, 0.6) is 0 Å². The Morgan fingerprint density at radius 1 is 1.25 bits per heavy atom. The van der Waals surface area contributed by atoms with E-state index in [-0.39, 0.29) is 18.0 Å². The van der Waals surface area contributed by atoms with Crippen molar-refractivity contribution >= 4 is 33.5 Å². The monoisotopic (exact) mass is 352 g/mol. The Labute approximate surface area is 130 Å². The first-order valence-electron chi connectivity index (χ1n) is 6.19. The van der Waals surface area contributed by atoms with Gasteiger partial charge in [-0.3, -0.25) is 4.79 Å². The molecular formula is C16H14BrFOS. The number of carbonyl (C=O) groups excluding carboxylic acids is 1. The van der Waals surface area contributed by atoms with Gasteiger partial charge in [0.1, 0.15) is 11.6 Å². The van der Waals surface area contributed by atoms with Crippen molar-refractivity contribution in [3.63, 3.8) is 0 Å². The van der Waals surface area contributed by atoms with Crippen LogP contribution in [-0.4, -0.2) is 11.5 Å². The molecule has 1 nitrogen and oxygen atoms in total. The van der Waals surface area contributed by atoms with E-state index in [4.69, 9.17) is 0 Å². The van der Waals surface area contributed by atoms with Crippen molar-refractivity contribution in [1.82, 2.24) is 0 Å². The van der Waals surface area contributed by atoms with Crippen molar-refractivity contribution in [3.8, 4) is 0 Å². The zero-order chi connectivity index (χ0) is 14.5. The van der Waals surface area contributed by atoms with Crippen LogP contribution in [0.4, 0.5) is 4.39 Å². The number of ketones is 1. The number of hydrogen-bond donors (Lipinski definition) is 0. The molecule has 0 saturated heterocycles. The van der Waals surface area contributed by atoms with Crippen molar-refractivity contribution in [2.45, 2.75) is 18.2 Å². The summed E-state index contributed by atoms with van der Waals surface area (Å²) in [5, 5.41) is 0. The van der Waals surface area contributed by atoms with E-state index in [2.05, 4.69) is 15.9 Å². The van der Waals surface area contributed by atoms with E-state index in [0.29, 0.717) is 15.8 Å². The molecule has 0 N–H and O–H groups in total. The summed E-state index contributed by atoms with van der Waals surface area (Å²) in [5.41, 5.74) is 1.87. The first-order chi connectivity index (χ1) is 9.54. The highest BCUT2D eigenvalue weighted by molar-refractivity contribution is 9.10. The number of aryl methyl sites for hydroxylation is 1. The van der Waals surface area contributed by atoms with E-state index >= 15 is 0 Å².